The van der Waals surface area contributed by atoms with Crippen molar-refractivity contribution in [2.45, 2.75) is 25.4 Å². The predicted molar refractivity (Wildman–Crippen MR) is 143 cm³/mol. The van der Waals surface area contributed by atoms with Crippen molar-refractivity contribution in [3.8, 4) is 11.5 Å². The largest absolute Gasteiger partial charge is 0.493 e. The molecule has 1 aromatic carbocycles. The molecule has 2 amide bonds. The minimum absolute atomic E-state index is 0.152. The average Bonchev–Trinajstić information content (AvgIpc) is 3.26. The van der Waals surface area contributed by atoms with Crippen LogP contribution in [-0.2, 0) is 9.59 Å². The molecule has 9 nitrogen and oxygen atoms in total. The molecular weight excluding hydrogens is 494 g/mol. The van der Waals surface area contributed by atoms with Gasteiger partial charge in [-0.2, -0.15) is 0 Å². The number of nitrogens with one attached hydrogen (secondary N) is 3. The van der Waals surface area contributed by atoms with E-state index in [1.807, 2.05) is 32.1 Å². The van der Waals surface area contributed by atoms with Crippen LogP contribution in [-0.4, -0.2) is 54.0 Å². The number of nitrogens with zero attached hydrogens (tertiary/aromatic N) is 2. The van der Waals surface area contributed by atoms with E-state index in [9.17, 15) is 9.59 Å². The van der Waals surface area contributed by atoms with Crippen LogP contribution in [0.3, 0.4) is 0 Å². The summed E-state index contributed by atoms with van der Waals surface area (Å²) in [7, 11) is 3.24. The number of aromatic nitrogens is 1. The lowest BCUT2D eigenvalue weighted by Crippen LogP contribution is -2.48. The van der Waals surface area contributed by atoms with Gasteiger partial charge in [-0.25, -0.2) is 0 Å². The molecule has 2 atom stereocenters. The Kier molecular flexibility index (Phi) is 7.45. The number of hydrogen-bond donors (Lipinski definition) is 3. The van der Waals surface area contributed by atoms with Crippen molar-refractivity contribution in [3.05, 3.63) is 77.9 Å². The second-order valence-corrected chi connectivity index (χ2v) is 9.73. The van der Waals surface area contributed by atoms with Crippen LogP contribution in [0.2, 0.25) is 5.02 Å². The number of ether oxygens (including phenoxy) is 2. The Morgan fingerprint density at radius 1 is 1.35 bits per heavy atom. The van der Waals surface area contributed by atoms with Crippen molar-refractivity contribution in [2.75, 3.05) is 26.1 Å². The topological polar surface area (TPSA) is 105 Å². The SMILES string of the molecule is C=CC(=O)N(C)C(C)(C)COc1cnccc1C1=C(Nc2cccc(Cl)c2OC)C2C(=O)NC=CC2N1. The molecule has 10 heteroatoms. The first-order valence-electron chi connectivity index (χ1n) is 11.7. The Hall–Kier alpha value is -3.98. The lowest BCUT2D eigenvalue weighted by molar-refractivity contribution is -0.130. The summed E-state index contributed by atoms with van der Waals surface area (Å²) >= 11 is 6.35. The quantitative estimate of drug-likeness (QED) is 0.432. The van der Waals surface area contributed by atoms with Crippen molar-refractivity contribution >= 4 is 34.8 Å². The summed E-state index contributed by atoms with van der Waals surface area (Å²) in [5.41, 5.74) is 2.03. The smallest absolute Gasteiger partial charge is 0.246 e. The van der Waals surface area contributed by atoms with Crippen LogP contribution in [0.15, 0.2) is 67.3 Å². The van der Waals surface area contributed by atoms with E-state index in [1.165, 1.54) is 13.2 Å². The first kappa shape index (κ1) is 26.1. The van der Waals surface area contributed by atoms with Gasteiger partial charge in [-0.15, -0.1) is 0 Å². The van der Waals surface area contributed by atoms with E-state index in [0.717, 1.165) is 0 Å². The van der Waals surface area contributed by atoms with Crippen molar-refractivity contribution in [2.24, 2.45) is 5.92 Å². The summed E-state index contributed by atoms with van der Waals surface area (Å²) in [4.78, 5) is 30.9. The molecule has 194 valence electrons. The maximum absolute atomic E-state index is 13.0. The molecule has 2 aromatic rings. The number of rotatable bonds is 9. The highest BCUT2D eigenvalue weighted by Gasteiger charge is 2.41. The molecule has 0 bridgehead atoms. The highest BCUT2D eigenvalue weighted by Crippen LogP contribution is 2.40. The fraction of sp³-hybridized carbons (Fsp3) is 0.296. The molecule has 2 unspecified atom stereocenters. The number of benzene rings is 1. The van der Waals surface area contributed by atoms with E-state index >= 15 is 0 Å². The molecular formula is C27H30ClN5O4. The van der Waals surface area contributed by atoms with Crippen molar-refractivity contribution in [3.63, 3.8) is 0 Å². The van der Waals surface area contributed by atoms with Gasteiger partial charge in [0.15, 0.2) is 5.75 Å². The molecule has 2 aliphatic heterocycles. The number of pyridine rings is 1. The van der Waals surface area contributed by atoms with Crippen molar-refractivity contribution in [1.29, 1.82) is 0 Å². The molecule has 37 heavy (non-hydrogen) atoms. The zero-order valence-corrected chi connectivity index (χ0v) is 21.9. The summed E-state index contributed by atoms with van der Waals surface area (Å²) in [5, 5.41) is 10.1. The van der Waals surface area contributed by atoms with Gasteiger partial charge in [-0.1, -0.05) is 24.2 Å². The Morgan fingerprint density at radius 3 is 2.86 bits per heavy atom. The third-order valence-electron chi connectivity index (χ3n) is 6.55. The van der Waals surface area contributed by atoms with Crippen LogP contribution in [0.4, 0.5) is 5.69 Å². The maximum Gasteiger partial charge on any atom is 0.246 e. The molecule has 3 heterocycles. The van der Waals surface area contributed by atoms with Gasteiger partial charge in [0.1, 0.15) is 18.3 Å². The van der Waals surface area contributed by atoms with Crippen molar-refractivity contribution < 1.29 is 19.1 Å². The minimum atomic E-state index is -0.623. The van der Waals surface area contributed by atoms with Crippen LogP contribution < -0.4 is 25.4 Å². The molecule has 2 aliphatic rings. The number of carbonyl (C=O) groups is 2. The zero-order valence-electron chi connectivity index (χ0n) is 21.2. The van der Waals surface area contributed by atoms with Gasteiger partial charge in [-0.05, 0) is 44.2 Å². The van der Waals surface area contributed by atoms with E-state index in [0.29, 0.717) is 39.2 Å². The van der Waals surface area contributed by atoms with E-state index in [4.69, 9.17) is 21.1 Å². The number of carbonyl (C=O) groups excluding carboxylic acids is 2. The van der Waals surface area contributed by atoms with Crippen LogP contribution in [0.1, 0.15) is 19.4 Å². The molecule has 0 saturated carbocycles. The number of halogens is 1. The summed E-state index contributed by atoms with van der Waals surface area (Å²) in [6, 6.07) is 6.91. The van der Waals surface area contributed by atoms with E-state index < -0.39 is 11.5 Å². The zero-order chi connectivity index (χ0) is 26.7. The van der Waals surface area contributed by atoms with Crippen molar-refractivity contribution in [1.82, 2.24) is 20.5 Å². The Labute approximate surface area is 221 Å². The molecule has 0 aliphatic carbocycles. The normalized spacial score (nSPS) is 18.5. The fourth-order valence-corrected chi connectivity index (χ4v) is 4.50. The molecule has 3 N–H and O–H groups in total. The second kappa shape index (κ2) is 10.6. The third-order valence-corrected chi connectivity index (χ3v) is 6.85. The number of anilines is 1. The number of methoxy groups -OCH3 is 1. The van der Waals surface area contributed by atoms with E-state index in [2.05, 4.69) is 27.5 Å². The van der Waals surface area contributed by atoms with E-state index in [1.54, 1.807) is 42.7 Å². The Morgan fingerprint density at radius 2 is 2.14 bits per heavy atom. The molecule has 0 saturated heterocycles. The van der Waals surface area contributed by atoms with Gasteiger partial charge in [0.2, 0.25) is 11.8 Å². The van der Waals surface area contributed by atoms with Crippen LogP contribution in [0, 0.1) is 5.92 Å². The second-order valence-electron chi connectivity index (χ2n) is 9.32. The lowest BCUT2D eigenvalue weighted by atomic mass is 9.95. The molecule has 0 fully saturated rings. The summed E-state index contributed by atoms with van der Waals surface area (Å²) in [5.74, 6) is 0.0780. The monoisotopic (exact) mass is 523 g/mol. The Balaban J connectivity index is 1.74. The first-order valence-corrected chi connectivity index (χ1v) is 12.1. The van der Waals surface area contributed by atoms with Gasteiger partial charge in [0.25, 0.3) is 0 Å². The van der Waals surface area contributed by atoms with Gasteiger partial charge in [0, 0.05) is 25.0 Å². The minimum Gasteiger partial charge on any atom is -0.493 e. The van der Waals surface area contributed by atoms with Gasteiger partial charge < -0.3 is 30.3 Å². The van der Waals surface area contributed by atoms with Gasteiger partial charge in [-0.3, -0.25) is 14.6 Å². The number of amides is 2. The molecule has 1 aromatic heterocycles. The fourth-order valence-electron chi connectivity index (χ4n) is 4.25. The van der Waals surface area contributed by atoms with Crippen LogP contribution in [0.5, 0.6) is 11.5 Å². The number of hydrogen-bond acceptors (Lipinski definition) is 7. The number of fused-ring (bicyclic) bond motifs is 1. The summed E-state index contributed by atoms with van der Waals surface area (Å²) < 4.78 is 11.7. The lowest BCUT2D eigenvalue weighted by Gasteiger charge is -2.34. The standard InChI is InChI=1S/C27H30ClN5O4/c1-6-21(34)33(4)27(2,3)15-37-20-14-29-12-10-16(20)23-24(22-18(31-23)11-13-30-26(22)35)32-19-9-7-8-17(28)25(19)36-5/h6-14,18,22,31-32H,1,15H2,2-5H3,(H,30,35). The van der Waals surface area contributed by atoms with Gasteiger partial charge in [0.05, 0.1) is 47.0 Å². The maximum atomic E-state index is 13.0. The van der Waals surface area contributed by atoms with Crippen LogP contribution >= 0.6 is 11.6 Å². The number of likely N-dealkylation sites (N-methyl/N-ethyl adjacent to an activating group) is 1. The highest BCUT2D eigenvalue weighted by atomic mass is 35.5. The van der Waals surface area contributed by atoms with Gasteiger partial charge >= 0.3 is 0 Å². The number of para-hydroxylation sites is 1. The Bertz CT molecular complexity index is 1290. The predicted octanol–water partition coefficient (Wildman–Crippen LogP) is 3.56. The summed E-state index contributed by atoms with van der Waals surface area (Å²) in [6.45, 7) is 7.57. The molecule has 0 spiro atoms. The first-order chi connectivity index (χ1) is 17.7. The van der Waals surface area contributed by atoms with E-state index in [-0.39, 0.29) is 24.5 Å². The molecule has 4 rings (SSSR count). The summed E-state index contributed by atoms with van der Waals surface area (Å²) in [6.07, 6.45) is 8.08. The average molecular weight is 524 g/mol. The highest BCUT2D eigenvalue weighted by molar-refractivity contribution is 6.32. The van der Waals surface area contributed by atoms with Crippen LogP contribution in [0.25, 0.3) is 5.70 Å². The molecule has 0 radical (unpaired) electrons. The third kappa shape index (κ3) is 5.13.